The minimum atomic E-state index is -3.57. The van der Waals surface area contributed by atoms with Gasteiger partial charge in [0.25, 0.3) is 10.0 Å². The lowest BCUT2D eigenvalue weighted by Crippen LogP contribution is -2.26. The zero-order chi connectivity index (χ0) is 14.9. The third-order valence-corrected chi connectivity index (χ3v) is 6.34. The molecule has 1 aromatic heterocycles. The lowest BCUT2D eigenvalue weighted by Gasteiger charge is -2.18. The number of aromatic nitrogens is 1. The molecule has 0 spiro atoms. The van der Waals surface area contributed by atoms with E-state index in [0.29, 0.717) is 17.1 Å². The number of ether oxygens (including phenoxy) is 1. The molecule has 0 aliphatic rings. The van der Waals surface area contributed by atoms with Crippen LogP contribution in [0.5, 0.6) is 5.75 Å². The van der Waals surface area contributed by atoms with Crippen molar-refractivity contribution >= 4 is 27.0 Å². The van der Waals surface area contributed by atoms with Crippen molar-refractivity contribution in [1.82, 2.24) is 4.98 Å². The monoisotopic (exact) mass is 312 g/mol. The molecular formula is C13H16N2O3S2. The number of benzene rings is 1. The van der Waals surface area contributed by atoms with Crippen molar-refractivity contribution in [2.45, 2.75) is 18.1 Å². The second kappa shape index (κ2) is 5.41. The number of aryl methyl sites for hydroxylation is 2. The molecule has 108 valence electrons. The Morgan fingerprint density at radius 3 is 2.25 bits per heavy atom. The standard InChI is InChI=1S/C13H16N2O3S2/c1-9-13(19-10(2)14-9)20(16,17)15(3)11-5-7-12(18-4)8-6-11/h5-8H,1-4H3. The van der Waals surface area contributed by atoms with Crippen LogP contribution in [0.3, 0.4) is 0 Å². The van der Waals surface area contributed by atoms with Gasteiger partial charge in [-0.3, -0.25) is 4.31 Å². The summed E-state index contributed by atoms with van der Waals surface area (Å²) in [5.74, 6) is 0.685. The quantitative estimate of drug-likeness (QED) is 0.870. The molecule has 20 heavy (non-hydrogen) atoms. The molecule has 2 rings (SSSR count). The Balaban J connectivity index is 2.40. The van der Waals surface area contributed by atoms with E-state index in [0.717, 1.165) is 5.01 Å². The molecule has 0 saturated heterocycles. The van der Waals surface area contributed by atoms with Gasteiger partial charge in [0.05, 0.1) is 23.5 Å². The molecule has 0 N–H and O–H groups in total. The lowest BCUT2D eigenvalue weighted by molar-refractivity contribution is 0.415. The fourth-order valence-corrected chi connectivity index (χ4v) is 4.64. The Bertz CT molecular complexity index is 706. The second-order valence-corrected chi connectivity index (χ2v) is 7.64. The van der Waals surface area contributed by atoms with E-state index in [2.05, 4.69) is 4.98 Å². The minimum Gasteiger partial charge on any atom is -0.497 e. The zero-order valence-electron chi connectivity index (χ0n) is 11.7. The van der Waals surface area contributed by atoms with Crippen molar-refractivity contribution < 1.29 is 13.2 Å². The number of anilines is 1. The number of sulfonamides is 1. The van der Waals surface area contributed by atoms with E-state index in [9.17, 15) is 8.42 Å². The minimum absolute atomic E-state index is 0.285. The van der Waals surface area contributed by atoms with E-state index in [1.165, 1.54) is 22.7 Å². The molecular weight excluding hydrogens is 296 g/mol. The summed E-state index contributed by atoms with van der Waals surface area (Å²) in [5, 5.41) is 0.740. The fourth-order valence-electron chi connectivity index (χ4n) is 1.81. The van der Waals surface area contributed by atoms with E-state index in [-0.39, 0.29) is 4.21 Å². The van der Waals surface area contributed by atoms with Gasteiger partial charge in [-0.15, -0.1) is 11.3 Å². The summed E-state index contributed by atoms with van der Waals surface area (Å²) in [6.07, 6.45) is 0. The second-order valence-electron chi connectivity index (χ2n) is 4.28. The van der Waals surface area contributed by atoms with Crippen LogP contribution in [-0.4, -0.2) is 27.6 Å². The summed E-state index contributed by atoms with van der Waals surface area (Å²) < 4.78 is 31.8. The largest absolute Gasteiger partial charge is 0.497 e. The first-order valence-electron chi connectivity index (χ1n) is 5.93. The van der Waals surface area contributed by atoms with Gasteiger partial charge < -0.3 is 4.74 Å². The Labute approximate surface area is 122 Å². The molecule has 0 aliphatic heterocycles. The highest BCUT2D eigenvalue weighted by Gasteiger charge is 2.26. The molecule has 0 atom stereocenters. The molecule has 0 saturated carbocycles. The van der Waals surface area contributed by atoms with Crippen LogP contribution >= 0.6 is 11.3 Å². The number of methoxy groups -OCH3 is 1. The summed E-state index contributed by atoms with van der Waals surface area (Å²) in [4.78, 5) is 4.17. The number of thiazole rings is 1. The predicted octanol–water partition coefficient (Wildman–Crippen LogP) is 2.59. The Morgan fingerprint density at radius 1 is 1.20 bits per heavy atom. The summed E-state index contributed by atoms with van der Waals surface area (Å²) in [5.41, 5.74) is 1.11. The summed E-state index contributed by atoms with van der Waals surface area (Å²) in [6, 6.07) is 6.87. The van der Waals surface area contributed by atoms with Crippen LogP contribution in [0.1, 0.15) is 10.7 Å². The average Bonchev–Trinajstić information content (AvgIpc) is 2.77. The highest BCUT2D eigenvalue weighted by Crippen LogP contribution is 2.29. The van der Waals surface area contributed by atoms with Crippen LogP contribution in [0, 0.1) is 13.8 Å². The molecule has 1 aromatic carbocycles. The fraction of sp³-hybridized carbons (Fsp3) is 0.308. The molecule has 5 nitrogen and oxygen atoms in total. The van der Waals surface area contributed by atoms with Crippen molar-refractivity contribution in [2.75, 3.05) is 18.5 Å². The maximum Gasteiger partial charge on any atom is 0.275 e. The van der Waals surface area contributed by atoms with Crippen molar-refractivity contribution in [3.8, 4) is 5.75 Å². The van der Waals surface area contributed by atoms with E-state index >= 15 is 0 Å². The number of hydrogen-bond acceptors (Lipinski definition) is 5. The molecule has 0 amide bonds. The van der Waals surface area contributed by atoms with E-state index in [1.807, 2.05) is 0 Å². The smallest absolute Gasteiger partial charge is 0.275 e. The first-order valence-corrected chi connectivity index (χ1v) is 8.19. The topological polar surface area (TPSA) is 59.5 Å². The van der Waals surface area contributed by atoms with Gasteiger partial charge >= 0.3 is 0 Å². The Morgan fingerprint density at radius 2 is 1.80 bits per heavy atom. The number of hydrogen-bond donors (Lipinski definition) is 0. The van der Waals surface area contributed by atoms with E-state index in [4.69, 9.17) is 4.74 Å². The average molecular weight is 312 g/mol. The predicted molar refractivity (Wildman–Crippen MR) is 80.2 cm³/mol. The molecule has 2 aromatic rings. The van der Waals surface area contributed by atoms with Crippen molar-refractivity contribution in [2.24, 2.45) is 0 Å². The Hall–Kier alpha value is -1.60. The molecule has 0 fully saturated rings. The SMILES string of the molecule is COc1ccc(N(C)S(=O)(=O)c2sc(C)nc2C)cc1. The lowest BCUT2D eigenvalue weighted by atomic mass is 10.3. The van der Waals surface area contributed by atoms with Gasteiger partial charge in [-0.25, -0.2) is 13.4 Å². The van der Waals surface area contributed by atoms with Crippen LogP contribution in [0.2, 0.25) is 0 Å². The maximum absolute atomic E-state index is 12.6. The first kappa shape index (κ1) is 14.8. The van der Waals surface area contributed by atoms with Crippen LogP contribution in [-0.2, 0) is 10.0 Å². The van der Waals surface area contributed by atoms with Gasteiger partial charge in [-0.2, -0.15) is 0 Å². The Kier molecular flexibility index (Phi) is 4.01. The number of rotatable bonds is 4. The third-order valence-electron chi connectivity index (χ3n) is 2.89. The third kappa shape index (κ3) is 2.64. The van der Waals surface area contributed by atoms with E-state index in [1.54, 1.807) is 45.2 Å². The number of nitrogens with zero attached hydrogens (tertiary/aromatic N) is 2. The van der Waals surface area contributed by atoms with Crippen LogP contribution in [0.25, 0.3) is 0 Å². The normalized spacial score (nSPS) is 11.4. The highest BCUT2D eigenvalue weighted by molar-refractivity contribution is 7.94. The molecule has 0 bridgehead atoms. The van der Waals surface area contributed by atoms with Gasteiger partial charge in [-0.1, -0.05) is 0 Å². The van der Waals surface area contributed by atoms with Crippen LogP contribution < -0.4 is 9.04 Å². The van der Waals surface area contributed by atoms with Gasteiger partial charge in [0.1, 0.15) is 5.75 Å². The van der Waals surface area contributed by atoms with Crippen molar-refractivity contribution in [3.63, 3.8) is 0 Å². The van der Waals surface area contributed by atoms with Gasteiger partial charge in [0.2, 0.25) is 0 Å². The molecule has 0 unspecified atom stereocenters. The molecule has 7 heteroatoms. The molecule has 1 heterocycles. The van der Waals surface area contributed by atoms with Gasteiger partial charge in [0, 0.05) is 7.05 Å². The van der Waals surface area contributed by atoms with Crippen molar-refractivity contribution in [3.05, 3.63) is 35.0 Å². The first-order chi connectivity index (χ1) is 9.36. The van der Waals surface area contributed by atoms with Gasteiger partial charge in [-0.05, 0) is 38.1 Å². The van der Waals surface area contributed by atoms with Gasteiger partial charge in [0.15, 0.2) is 4.21 Å². The summed E-state index contributed by atoms with van der Waals surface area (Å²) in [6.45, 7) is 3.50. The van der Waals surface area contributed by atoms with Crippen molar-refractivity contribution in [1.29, 1.82) is 0 Å². The molecule has 0 radical (unpaired) electrons. The highest BCUT2D eigenvalue weighted by atomic mass is 32.2. The van der Waals surface area contributed by atoms with Crippen LogP contribution in [0.15, 0.2) is 28.5 Å². The summed E-state index contributed by atoms with van der Waals surface area (Å²) in [7, 11) is -0.471. The zero-order valence-corrected chi connectivity index (χ0v) is 13.4. The summed E-state index contributed by atoms with van der Waals surface area (Å²) >= 11 is 1.19. The molecule has 0 aliphatic carbocycles. The maximum atomic E-state index is 12.6. The van der Waals surface area contributed by atoms with E-state index < -0.39 is 10.0 Å². The van der Waals surface area contributed by atoms with Crippen LogP contribution in [0.4, 0.5) is 5.69 Å².